The number of pyridine rings is 1. The van der Waals surface area contributed by atoms with E-state index in [0.29, 0.717) is 5.56 Å². The number of hydrogen-bond acceptors (Lipinski definition) is 3. The lowest BCUT2D eigenvalue weighted by Crippen LogP contribution is -2.52. The number of benzene rings is 1. The lowest BCUT2D eigenvalue weighted by atomic mass is 10.0. The normalized spacial score (nSPS) is 18.3. The highest BCUT2D eigenvalue weighted by molar-refractivity contribution is 5.95. The Morgan fingerprint density at radius 1 is 1.23 bits per heavy atom. The van der Waals surface area contributed by atoms with Gasteiger partial charge >= 0.3 is 0 Å². The molecule has 0 radical (unpaired) electrons. The Kier molecular flexibility index (Phi) is 4.20. The van der Waals surface area contributed by atoms with E-state index in [1.165, 1.54) is 5.56 Å². The number of hydrogen-bond donors (Lipinski definition) is 1. The van der Waals surface area contributed by atoms with Crippen LogP contribution < -0.4 is 5.32 Å². The van der Waals surface area contributed by atoms with Crippen LogP contribution in [0.2, 0.25) is 0 Å². The van der Waals surface area contributed by atoms with Gasteiger partial charge in [0, 0.05) is 43.6 Å². The molecule has 22 heavy (non-hydrogen) atoms. The van der Waals surface area contributed by atoms with Gasteiger partial charge in [-0.1, -0.05) is 29.8 Å². The predicted molar refractivity (Wildman–Crippen MR) is 87.8 cm³/mol. The zero-order chi connectivity index (χ0) is 15.5. The second-order valence-electron chi connectivity index (χ2n) is 5.88. The summed E-state index contributed by atoms with van der Waals surface area (Å²) in [5.41, 5.74) is 3.94. The van der Waals surface area contributed by atoms with Crippen molar-refractivity contribution in [2.75, 3.05) is 19.6 Å². The van der Waals surface area contributed by atoms with Gasteiger partial charge in [-0.25, -0.2) is 0 Å². The van der Waals surface area contributed by atoms with Crippen molar-refractivity contribution in [1.82, 2.24) is 15.2 Å². The van der Waals surface area contributed by atoms with E-state index in [0.717, 1.165) is 30.8 Å². The van der Waals surface area contributed by atoms with E-state index >= 15 is 0 Å². The molecule has 4 nitrogen and oxygen atoms in total. The lowest BCUT2D eigenvalue weighted by molar-refractivity contribution is 0.0655. The van der Waals surface area contributed by atoms with Crippen molar-refractivity contribution in [2.45, 2.75) is 19.9 Å². The van der Waals surface area contributed by atoms with Crippen LogP contribution >= 0.6 is 0 Å². The SMILES string of the molecule is Cc1ccc(-c2cncc(C(=O)N3CCNC[C@H]3C)c2)cc1. The number of piperazine rings is 1. The van der Waals surface area contributed by atoms with Gasteiger partial charge in [-0.3, -0.25) is 9.78 Å². The number of carbonyl (C=O) groups excluding carboxylic acids is 1. The Labute approximate surface area is 131 Å². The quantitative estimate of drug-likeness (QED) is 0.926. The van der Waals surface area contributed by atoms with Crippen molar-refractivity contribution in [1.29, 1.82) is 0 Å². The van der Waals surface area contributed by atoms with Crippen molar-refractivity contribution < 1.29 is 4.79 Å². The molecule has 1 atom stereocenters. The molecule has 0 unspecified atom stereocenters. The smallest absolute Gasteiger partial charge is 0.255 e. The summed E-state index contributed by atoms with van der Waals surface area (Å²) in [6, 6.07) is 10.4. The summed E-state index contributed by atoms with van der Waals surface area (Å²) >= 11 is 0. The average molecular weight is 295 g/mol. The molecule has 1 aliphatic heterocycles. The van der Waals surface area contributed by atoms with Gasteiger partial charge < -0.3 is 10.2 Å². The molecule has 114 valence electrons. The number of aromatic nitrogens is 1. The lowest BCUT2D eigenvalue weighted by Gasteiger charge is -2.34. The molecule has 3 rings (SSSR count). The molecule has 0 bridgehead atoms. The van der Waals surface area contributed by atoms with Gasteiger partial charge in [0.1, 0.15) is 0 Å². The molecule has 1 saturated heterocycles. The minimum absolute atomic E-state index is 0.0652. The summed E-state index contributed by atoms with van der Waals surface area (Å²) in [4.78, 5) is 18.9. The first-order valence-corrected chi connectivity index (χ1v) is 7.69. The zero-order valence-electron chi connectivity index (χ0n) is 13.0. The highest BCUT2D eigenvalue weighted by Crippen LogP contribution is 2.21. The second-order valence-corrected chi connectivity index (χ2v) is 5.88. The number of carbonyl (C=O) groups is 1. The van der Waals surface area contributed by atoms with Gasteiger partial charge in [0.2, 0.25) is 0 Å². The summed E-state index contributed by atoms with van der Waals surface area (Å²) in [6.07, 6.45) is 3.47. The van der Waals surface area contributed by atoms with E-state index < -0.39 is 0 Å². The maximum atomic E-state index is 12.7. The Balaban J connectivity index is 1.87. The topological polar surface area (TPSA) is 45.2 Å². The number of amides is 1. The third kappa shape index (κ3) is 3.02. The number of nitrogens with one attached hydrogen (secondary N) is 1. The molecule has 1 amide bonds. The molecular weight excluding hydrogens is 274 g/mol. The Bertz CT molecular complexity index is 666. The fraction of sp³-hybridized carbons (Fsp3) is 0.333. The zero-order valence-corrected chi connectivity index (χ0v) is 13.0. The van der Waals surface area contributed by atoms with Crippen molar-refractivity contribution in [3.8, 4) is 11.1 Å². The fourth-order valence-electron chi connectivity index (χ4n) is 2.77. The van der Waals surface area contributed by atoms with Gasteiger partial charge in [0.05, 0.1) is 5.56 Å². The van der Waals surface area contributed by atoms with E-state index in [-0.39, 0.29) is 11.9 Å². The maximum absolute atomic E-state index is 12.7. The van der Waals surface area contributed by atoms with E-state index in [9.17, 15) is 4.79 Å². The van der Waals surface area contributed by atoms with Crippen LogP contribution in [0.4, 0.5) is 0 Å². The summed E-state index contributed by atoms with van der Waals surface area (Å²) < 4.78 is 0. The van der Waals surface area contributed by atoms with Gasteiger partial charge in [-0.05, 0) is 25.5 Å². The second kappa shape index (κ2) is 6.28. The van der Waals surface area contributed by atoms with Crippen molar-refractivity contribution >= 4 is 5.91 Å². The van der Waals surface area contributed by atoms with Crippen molar-refractivity contribution in [2.24, 2.45) is 0 Å². The van der Waals surface area contributed by atoms with Crippen molar-refractivity contribution in [3.63, 3.8) is 0 Å². The highest BCUT2D eigenvalue weighted by atomic mass is 16.2. The number of rotatable bonds is 2. The van der Waals surface area contributed by atoms with Gasteiger partial charge in [-0.2, -0.15) is 0 Å². The van der Waals surface area contributed by atoms with E-state index in [4.69, 9.17) is 0 Å². The number of aryl methyl sites for hydroxylation is 1. The minimum atomic E-state index is 0.0652. The molecule has 0 saturated carbocycles. The largest absolute Gasteiger partial charge is 0.333 e. The molecule has 1 aromatic heterocycles. The van der Waals surface area contributed by atoms with Gasteiger partial charge in [0.15, 0.2) is 0 Å². The molecule has 2 aromatic rings. The number of nitrogens with zero attached hydrogens (tertiary/aromatic N) is 2. The predicted octanol–water partition coefficient (Wildman–Crippen LogP) is 2.49. The Hall–Kier alpha value is -2.20. The first-order valence-electron chi connectivity index (χ1n) is 7.69. The fourth-order valence-corrected chi connectivity index (χ4v) is 2.77. The summed E-state index contributed by atoms with van der Waals surface area (Å²) in [6.45, 7) is 6.57. The monoisotopic (exact) mass is 295 g/mol. The first kappa shape index (κ1) is 14.7. The third-order valence-corrected chi connectivity index (χ3v) is 4.13. The van der Waals surface area contributed by atoms with Crippen LogP contribution in [-0.2, 0) is 0 Å². The Morgan fingerprint density at radius 3 is 2.73 bits per heavy atom. The molecule has 0 aliphatic carbocycles. The first-order chi connectivity index (χ1) is 10.6. The minimum Gasteiger partial charge on any atom is -0.333 e. The van der Waals surface area contributed by atoms with Crippen LogP contribution in [0, 0.1) is 6.92 Å². The maximum Gasteiger partial charge on any atom is 0.255 e. The van der Waals surface area contributed by atoms with Crippen LogP contribution in [0.25, 0.3) is 11.1 Å². The van der Waals surface area contributed by atoms with Crippen LogP contribution in [0.5, 0.6) is 0 Å². The third-order valence-electron chi connectivity index (χ3n) is 4.13. The van der Waals surface area contributed by atoms with Crippen LogP contribution in [0.1, 0.15) is 22.8 Å². The van der Waals surface area contributed by atoms with Gasteiger partial charge in [-0.15, -0.1) is 0 Å². The molecular formula is C18H21N3O. The molecule has 2 heterocycles. The molecule has 1 fully saturated rings. The molecule has 0 spiro atoms. The molecule has 1 N–H and O–H groups in total. The van der Waals surface area contributed by atoms with E-state index in [2.05, 4.69) is 48.4 Å². The average Bonchev–Trinajstić information content (AvgIpc) is 2.55. The highest BCUT2D eigenvalue weighted by Gasteiger charge is 2.24. The molecule has 4 heteroatoms. The van der Waals surface area contributed by atoms with Crippen LogP contribution in [0.3, 0.4) is 0 Å². The van der Waals surface area contributed by atoms with Crippen molar-refractivity contribution in [3.05, 3.63) is 53.9 Å². The standard InChI is InChI=1S/C18H21N3O/c1-13-3-5-15(6-4-13)16-9-17(12-20-11-16)18(22)21-8-7-19-10-14(21)2/h3-6,9,11-12,14,19H,7-8,10H2,1-2H3/t14-/m1/s1. The Morgan fingerprint density at radius 2 is 2.00 bits per heavy atom. The van der Waals surface area contributed by atoms with Gasteiger partial charge in [0.25, 0.3) is 5.91 Å². The summed E-state index contributed by atoms with van der Waals surface area (Å²) in [5, 5.41) is 3.30. The molecule has 1 aliphatic rings. The van der Waals surface area contributed by atoms with Crippen LogP contribution in [0.15, 0.2) is 42.7 Å². The van der Waals surface area contributed by atoms with Crippen LogP contribution in [-0.4, -0.2) is 41.5 Å². The van der Waals surface area contributed by atoms with E-state index in [1.54, 1.807) is 6.20 Å². The summed E-state index contributed by atoms with van der Waals surface area (Å²) in [7, 11) is 0. The summed E-state index contributed by atoms with van der Waals surface area (Å²) in [5.74, 6) is 0.0652. The molecule has 1 aromatic carbocycles. The van der Waals surface area contributed by atoms with E-state index in [1.807, 2.05) is 17.2 Å².